The molecular formula is C29H42N4O4. The predicted octanol–water partition coefficient (Wildman–Crippen LogP) is 4.03. The van der Waals surface area contributed by atoms with Gasteiger partial charge in [0.25, 0.3) is 0 Å². The van der Waals surface area contributed by atoms with Crippen LogP contribution in [-0.2, 0) is 28.9 Å². The Morgan fingerprint density at radius 3 is 2.68 bits per heavy atom. The molecule has 8 nitrogen and oxygen atoms in total. The van der Waals surface area contributed by atoms with Crippen molar-refractivity contribution in [1.82, 2.24) is 15.2 Å². The maximum Gasteiger partial charge on any atom is 0.305 e. The highest BCUT2D eigenvalue weighted by Crippen LogP contribution is 2.29. The van der Waals surface area contributed by atoms with Crippen LogP contribution in [0.15, 0.2) is 30.3 Å². The number of fused-ring (bicyclic) bond motifs is 2. The lowest BCUT2D eigenvalue weighted by Crippen LogP contribution is -2.30. The molecule has 0 radical (unpaired) electrons. The number of piperidine rings is 1. The quantitative estimate of drug-likeness (QED) is 0.489. The van der Waals surface area contributed by atoms with E-state index >= 15 is 0 Å². The van der Waals surface area contributed by atoms with E-state index < -0.39 is 5.97 Å². The number of ether oxygens (including phenoxy) is 1. The van der Waals surface area contributed by atoms with Crippen LogP contribution in [-0.4, -0.2) is 67.6 Å². The molecule has 3 N–H and O–H groups in total. The third-order valence-electron chi connectivity index (χ3n) is 7.16. The number of rotatable bonds is 8. The molecule has 3 aliphatic rings. The zero-order chi connectivity index (χ0) is 26.5. The van der Waals surface area contributed by atoms with Crippen LogP contribution >= 0.6 is 0 Å². The zero-order valence-corrected chi connectivity index (χ0v) is 22.1. The number of nitrogens with one attached hydrogen (secondary N) is 2. The monoisotopic (exact) mass is 510 g/mol. The van der Waals surface area contributed by atoms with Gasteiger partial charge in [-0.15, -0.1) is 0 Å². The smallest absolute Gasteiger partial charge is 0.305 e. The number of aromatic nitrogens is 1. The van der Waals surface area contributed by atoms with Crippen LogP contribution in [0.3, 0.4) is 0 Å². The van der Waals surface area contributed by atoms with Crippen LogP contribution in [0.5, 0.6) is 5.75 Å². The topological polar surface area (TPSA) is 104 Å². The second-order valence-corrected chi connectivity index (χ2v) is 9.75. The van der Waals surface area contributed by atoms with Crippen molar-refractivity contribution in [3.8, 4) is 5.75 Å². The van der Waals surface area contributed by atoms with E-state index in [4.69, 9.17) is 19.6 Å². The van der Waals surface area contributed by atoms with Gasteiger partial charge in [0.2, 0.25) is 0 Å². The number of aryl methyl sites for hydroxylation is 2. The number of hydrogen-bond acceptors (Lipinski definition) is 7. The summed E-state index contributed by atoms with van der Waals surface area (Å²) >= 11 is 0. The van der Waals surface area contributed by atoms with Crippen LogP contribution in [0.25, 0.3) is 0 Å². The van der Waals surface area contributed by atoms with Crippen molar-refractivity contribution in [2.75, 3.05) is 45.2 Å². The van der Waals surface area contributed by atoms with E-state index in [1.807, 2.05) is 25.0 Å². The number of carbonyl (C=O) groups is 2. The first kappa shape index (κ1) is 28.6. The molecule has 0 saturated carbocycles. The summed E-state index contributed by atoms with van der Waals surface area (Å²) in [7, 11) is 1.77. The van der Waals surface area contributed by atoms with Crippen molar-refractivity contribution in [3.63, 3.8) is 0 Å². The number of aliphatic carboxylic acids is 1. The van der Waals surface area contributed by atoms with Crippen LogP contribution in [0.4, 0.5) is 5.82 Å². The fourth-order valence-corrected chi connectivity index (χ4v) is 5.14. The van der Waals surface area contributed by atoms with Crippen LogP contribution in [0, 0.1) is 0 Å². The molecule has 2 aromatic rings. The van der Waals surface area contributed by atoms with E-state index in [9.17, 15) is 4.79 Å². The molecule has 0 aliphatic carbocycles. The fourth-order valence-electron chi connectivity index (χ4n) is 5.14. The highest BCUT2D eigenvalue weighted by molar-refractivity contribution is 5.68. The van der Waals surface area contributed by atoms with E-state index in [-0.39, 0.29) is 12.5 Å². The normalized spacial score (nSPS) is 16.9. The number of likely N-dealkylation sites (tertiary alicyclic amines) is 1. The average Bonchev–Trinajstić information content (AvgIpc) is 3.42. The predicted molar refractivity (Wildman–Crippen MR) is 146 cm³/mol. The maximum absolute atomic E-state index is 10.7. The van der Waals surface area contributed by atoms with Crippen LogP contribution in [0.1, 0.15) is 67.0 Å². The number of hydrogen-bond donors (Lipinski definition) is 3. The Balaban J connectivity index is 0.000000195. The zero-order valence-electron chi connectivity index (χ0n) is 22.1. The van der Waals surface area contributed by atoms with Gasteiger partial charge in [-0.05, 0) is 94.0 Å². The third kappa shape index (κ3) is 8.83. The number of anilines is 1. The number of carbonyl (C=O) groups excluding carboxylic acids is 1. The molecule has 1 aromatic heterocycles. The molecule has 4 heterocycles. The number of carboxylic acid groups (broad SMARTS) is 1. The lowest BCUT2D eigenvalue weighted by Gasteiger charge is -2.26. The molecule has 0 amide bonds. The average molecular weight is 511 g/mol. The molecule has 1 saturated heterocycles. The van der Waals surface area contributed by atoms with Gasteiger partial charge in [-0.3, -0.25) is 4.79 Å². The van der Waals surface area contributed by atoms with Crippen molar-refractivity contribution in [3.05, 3.63) is 52.7 Å². The molecule has 1 aromatic carbocycles. The number of carboxylic acids is 1. The number of benzene rings is 1. The van der Waals surface area contributed by atoms with E-state index in [2.05, 4.69) is 27.7 Å². The van der Waals surface area contributed by atoms with Gasteiger partial charge in [0.1, 0.15) is 18.4 Å². The Hall–Kier alpha value is -2.97. The van der Waals surface area contributed by atoms with Crippen LogP contribution < -0.4 is 15.4 Å². The van der Waals surface area contributed by atoms with Gasteiger partial charge in [0, 0.05) is 24.7 Å². The molecule has 1 unspecified atom stereocenters. The molecule has 1 fully saturated rings. The van der Waals surface area contributed by atoms with Gasteiger partial charge < -0.3 is 30.2 Å². The summed E-state index contributed by atoms with van der Waals surface area (Å²) in [6.07, 6.45) is 10.0. The van der Waals surface area contributed by atoms with Gasteiger partial charge in [-0.1, -0.05) is 24.6 Å². The van der Waals surface area contributed by atoms with Gasteiger partial charge in [0.15, 0.2) is 0 Å². The summed E-state index contributed by atoms with van der Waals surface area (Å²) in [5.41, 5.74) is 4.82. The van der Waals surface area contributed by atoms with Crippen molar-refractivity contribution >= 4 is 18.6 Å². The third-order valence-corrected chi connectivity index (χ3v) is 7.16. The minimum absolute atomic E-state index is 0.0787. The molecular weight excluding hydrogens is 468 g/mol. The molecule has 3 aliphatic heterocycles. The second kappa shape index (κ2) is 15.3. The van der Waals surface area contributed by atoms with Crippen LogP contribution in [0.2, 0.25) is 0 Å². The molecule has 1 atom stereocenters. The molecule has 5 rings (SSSR count). The fraction of sp³-hybridized carbons (Fsp3) is 0.552. The van der Waals surface area contributed by atoms with Crippen molar-refractivity contribution in [2.45, 2.75) is 63.8 Å². The van der Waals surface area contributed by atoms with Gasteiger partial charge in [-0.25, -0.2) is 4.98 Å². The standard InChI is InChI=1S/C16H25N3.C12H15NO3.CH2O/c1-2-11-19(12-3-1)13-5-7-15-9-8-14-6-4-10-17-16(14)18-15;1-13-10(7-12(14)15)9-3-2-8-4-5-16-11(8)6-9;1-2/h8-9H,1-7,10-13H2,(H,17,18);2-3,6,10,13H,4-5,7H2,1H3,(H,14,15);1H2. The first-order valence-corrected chi connectivity index (χ1v) is 13.5. The Bertz CT molecular complexity index is 994. The van der Waals surface area contributed by atoms with Gasteiger partial charge in [0.05, 0.1) is 13.0 Å². The molecule has 0 spiro atoms. The minimum Gasteiger partial charge on any atom is -0.493 e. The Morgan fingerprint density at radius 2 is 1.92 bits per heavy atom. The molecule has 202 valence electrons. The van der Waals surface area contributed by atoms with E-state index in [1.165, 1.54) is 75.0 Å². The summed E-state index contributed by atoms with van der Waals surface area (Å²) in [6, 6.07) is 10.3. The van der Waals surface area contributed by atoms with E-state index in [1.54, 1.807) is 7.05 Å². The second-order valence-electron chi connectivity index (χ2n) is 9.75. The first-order valence-electron chi connectivity index (χ1n) is 13.5. The molecule has 0 bridgehead atoms. The largest absolute Gasteiger partial charge is 0.493 e. The Labute approximate surface area is 220 Å². The lowest BCUT2D eigenvalue weighted by atomic mass is 10.0. The van der Waals surface area contributed by atoms with Crippen molar-refractivity contribution in [1.29, 1.82) is 0 Å². The SMILES string of the molecule is C=O.CNC(CC(=O)O)c1ccc2c(c1)OCC2.c1cc2c(nc1CCCN1CCCCC1)NCCC2. The van der Waals surface area contributed by atoms with Crippen molar-refractivity contribution in [2.24, 2.45) is 0 Å². The minimum atomic E-state index is -0.805. The van der Waals surface area contributed by atoms with Gasteiger partial charge >= 0.3 is 5.97 Å². The number of pyridine rings is 1. The highest BCUT2D eigenvalue weighted by atomic mass is 16.5. The molecule has 8 heteroatoms. The summed E-state index contributed by atoms with van der Waals surface area (Å²) in [6.45, 7) is 7.66. The summed E-state index contributed by atoms with van der Waals surface area (Å²) in [5.74, 6) is 1.23. The Morgan fingerprint density at radius 1 is 1.14 bits per heavy atom. The first-order chi connectivity index (χ1) is 18.1. The van der Waals surface area contributed by atoms with E-state index in [0.717, 1.165) is 43.1 Å². The summed E-state index contributed by atoms with van der Waals surface area (Å²) < 4.78 is 5.46. The molecule has 37 heavy (non-hydrogen) atoms. The van der Waals surface area contributed by atoms with Crippen molar-refractivity contribution < 1.29 is 19.4 Å². The maximum atomic E-state index is 10.7. The highest BCUT2D eigenvalue weighted by Gasteiger charge is 2.18. The van der Waals surface area contributed by atoms with E-state index in [0.29, 0.717) is 0 Å². The summed E-state index contributed by atoms with van der Waals surface area (Å²) in [5, 5.41) is 15.2. The summed E-state index contributed by atoms with van der Waals surface area (Å²) in [4.78, 5) is 26.1. The lowest BCUT2D eigenvalue weighted by molar-refractivity contribution is -0.137. The Kier molecular flexibility index (Phi) is 11.8. The van der Waals surface area contributed by atoms with Gasteiger partial charge in [-0.2, -0.15) is 0 Å². The number of nitrogens with zero attached hydrogens (tertiary/aromatic N) is 2.